The van der Waals surface area contributed by atoms with E-state index in [4.69, 9.17) is 14.6 Å². The van der Waals surface area contributed by atoms with Gasteiger partial charge in [0, 0.05) is 17.4 Å². The molecular formula is C22H20FNO5S. The van der Waals surface area contributed by atoms with Gasteiger partial charge in [-0.25, -0.2) is 9.37 Å². The molecule has 0 aliphatic carbocycles. The number of thiazole rings is 1. The standard InChI is InChI=1S/C22H20FNO5S/c1-13-6-7-14(9-16(25)11-20-24-15(12-30-20)10-21(26)27)19(8-13)29-22-17(23)4-3-5-18(22)28-2/h3-8,12H,9-11H2,1-2H3,(H,26,27). The molecule has 30 heavy (non-hydrogen) atoms. The summed E-state index contributed by atoms with van der Waals surface area (Å²) >= 11 is 1.25. The minimum Gasteiger partial charge on any atom is -0.493 e. The number of methoxy groups -OCH3 is 1. The second-order valence-electron chi connectivity index (χ2n) is 6.68. The zero-order chi connectivity index (χ0) is 21.7. The number of rotatable bonds is 9. The van der Waals surface area contributed by atoms with Crippen LogP contribution >= 0.6 is 11.3 Å². The highest BCUT2D eigenvalue weighted by Gasteiger charge is 2.17. The average Bonchev–Trinajstić information content (AvgIpc) is 3.11. The fourth-order valence-electron chi connectivity index (χ4n) is 2.87. The summed E-state index contributed by atoms with van der Waals surface area (Å²) in [7, 11) is 1.43. The first-order chi connectivity index (χ1) is 14.4. The van der Waals surface area contributed by atoms with E-state index in [1.54, 1.807) is 23.6 Å². The molecule has 1 N–H and O–H groups in total. The molecule has 0 aliphatic heterocycles. The highest BCUT2D eigenvalue weighted by atomic mass is 32.1. The molecule has 1 heterocycles. The zero-order valence-electron chi connectivity index (χ0n) is 16.5. The Bertz CT molecular complexity index is 1080. The van der Waals surface area contributed by atoms with Crippen molar-refractivity contribution < 1.29 is 28.6 Å². The normalized spacial score (nSPS) is 10.6. The number of ketones is 1. The number of halogens is 1. The van der Waals surface area contributed by atoms with Crippen molar-refractivity contribution in [2.75, 3.05) is 7.11 Å². The number of carboxylic acids is 1. The van der Waals surface area contributed by atoms with Crippen molar-refractivity contribution in [3.63, 3.8) is 0 Å². The van der Waals surface area contributed by atoms with Crippen LogP contribution in [0.4, 0.5) is 4.39 Å². The third-order valence-electron chi connectivity index (χ3n) is 4.25. The Kier molecular flexibility index (Phi) is 6.79. The quantitative estimate of drug-likeness (QED) is 0.544. The molecular weight excluding hydrogens is 409 g/mol. The maximum Gasteiger partial charge on any atom is 0.309 e. The SMILES string of the molecule is COc1cccc(F)c1Oc1cc(C)ccc1CC(=O)Cc1nc(CC(=O)O)cs1. The minimum atomic E-state index is -0.969. The number of hydrogen-bond acceptors (Lipinski definition) is 6. The van der Waals surface area contributed by atoms with Gasteiger partial charge < -0.3 is 14.6 Å². The molecule has 0 amide bonds. The van der Waals surface area contributed by atoms with E-state index in [1.807, 2.05) is 13.0 Å². The molecule has 0 aliphatic rings. The summed E-state index contributed by atoms with van der Waals surface area (Å²) in [6.07, 6.45) is -0.0219. The maximum absolute atomic E-state index is 14.3. The number of para-hydroxylation sites is 1. The lowest BCUT2D eigenvalue weighted by Gasteiger charge is -2.14. The smallest absolute Gasteiger partial charge is 0.309 e. The van der Waals surface area contributed by atoms with E-state index in [0.29, 0.717) is 22.0 Å². The lowest BCUT2D eigenvalue weighted by atomic mass is 10.0. The number of Topliss-reactive ketones (excluding diaryl/α,β-unsaturated/α-hetero) is 1. The number of carbonyl (C=O) groups is 2. The van der Waals surface area contributed by atoms with Crippen molar-refractivity contribution in [3.05, 3.63) is 69.4 Å². The van der Waals surface area contributed by atoms with Crippen LogP contribution in [0.2, 0.25) is 0 Å². The van der Waals surface area contributed by atoms with Gasteiger partial charge in [-0.05, 0) is 30.7 Å². The lowest BCUT2D eigenvalue weighted by molar-refractivity contribution is -0.136. The molecule has 6 nitrogen and oxygen atoms in total. The maximum atomic E-state index is 14.3. The Balaban J connectivity index is 1.78. The number of carbonyl (C=O) groups excluding carboxylic acids is 1. The van der Waals surface area contributed by atoms with Gasteiger partial charge in [0.25, 0.3) is 0 Å². The van der Waals surface area contributed by atoms with Crippen LogP contribution in [0, 0.1) is 12.7 Å². The van der Waals surface area contributed by atoms with E-state index in [2.05, 4.69) is 4.98 Å². The summed E-state index contributed by atoms with van der Waals surface area (Å²) < 4.78 is 25.3. The zero-order valence-corrected chi connectivity index (χ0v) is 17.3. The van der Waals surface area contributed by atoms with Crippen molar-refractivity contribution in [1.82, 2.24) is 4.98 Å². The first-order valence-corrected chi connectivity index (χ1v) is 10.0. The second-order valence-corrected chi connectivity index (χ2v) is 7.62. The van der Waals surface area contributed by atoms with Crippen LogP contribution in [0.1, 0.15) is 21.8 Å². The van der Waals surface area contributed by atoms with Crippen molar-refractivity contribution >= 4 is 23.1 Å². The predicted molar refractivity (Wildman–Crippen MR) is 110 cm³/mol. The van der Waals surface area contributed by atoms with Crippen LogP contribution in [0.25, 0.3) is 0 Å². The molecule has 0 radical (unpaired) electrons. The molecule has 2 aromatic carbocycles. The van der Waals surface area contributed by atoms with E-state index in [1.165, 1.54) is 30.6 Å². The molecule has 3 rings (SSSR count). The fourth-order valence-corrected chi connectivity index (χ4v) is 3.69. The van der Waals surface area contributed by atoms with Crippen molar-refractivity contribution in [3.8, 4) is 17.2 Å². The monoisotopic (exact) mass is 429 g/mol. The number of benzene rings is 2. The predicted octanol–water partition coefficient (Wildman–Crippen LogP) is 4.37. The Morgan fingerprint density at radius 3 is 2.67 bits per heavy atom. The van der Waals surface area contributed by atoms with E-state index < -0.39 is 11.8 Å². The highest BCUT2D eigenvalue weighted by molar-refractivity contribution is 7.09. The molecule has 0 saturated heterocycles. The van der Waals surface area contributed by atoms with Crippen molar-refractivity contribution in [1.29, 1.82) is 0 Å². The van der Waals surface area contributed by atoms with Crippen molar-refractivity contribution in [2.45, 2.75) is 26.2 Å². The number of aliphatic carboxylic acids is 1. The summed E-state index contributed by atoms with van der Waals surface area (Å²) in [5.41, 5.74) is 1.94. The molecule has 0 bridgehead atoms. The molecule has 0 spiro atoms. The van der Waals surface area contributed by atoms with E-state index in [-0.39, 0.29) is 36.5 Å². The topological polar surface area (TPSA) is 85.7 Å². The Morgan fingerprint density at radius 2 is 1.93 bits per heavy atom. The molecule has 0 unspecified atom stereocenters. The van der Waals surface area contributed by atoms with Crippen LogP contribution in [0.5, 0.6) is 17.2 Å². The first-order valence-electron chi connectivity index (χ1n) is 9.12. The van der Waals surface area contributed by atoms with Gasteiger partial charge in [0.1, 0.15) is 16.5 Å². The van der Waals surface area contributed by atoms with E-state index >= 15 is 0 Å². The van der Waals surface area contributed by atoms with Gasteiger partial charge in [0.05, 0.1) is 25.6 Å². The van der Waals surface area contributed by atoms with Crippen LogP contribution in [0.15, 0.2) is 41.8 Å². The average molecular weight is 429 g/mol. The third kappa shape index (κ3) is 5.42. The van der Waals surface area contributed by atoms with Crippen LogP contribution in [0.3, 0.4) is 0 Å². The number of aromatic nitrogens is 1. The molecule has 156 valence electrons. The van der Waals surface area contributed by atoms with Crippen LogP contribution in [-0.2, 0) is 28.9 Å². The molecule has 0 atom stereocenters. The first kappa shape index (κ1) is 21.4. The summed E-state index contributed by atoms with van der Waals surface area (Å²) in [6.45, 7) is 1.87. The number of hydrogen-bond donors (Lipinski definition) is 1. The summed E-state index contributed by atoms with van der Waals surface area (Å²) in [5, 5.41) is 11.0. The molecule has 8 heteroatoms. The van der Waals surface area contributed by atoms with Gasteiger partial charge in [-0.2, -0.15) is 0 Å². The number of ether oxygens (including phenoxy) is 2. The van der Waals surface area contributed by atoms with Crippen LogP contribution < -0.4 is 9.47 Å². The second kappa shape index (κ2) is 9.49. The largest absolute Gasteiger partial charge is 0.493 e. The van der Waals surface area contributed by atoms with Gasteiger partial charge in [0.15, 0.2) is 11.6 Å². The number of aryl methyl sites for hydroxylation is 1. The summed E-state index contributed by atoms with van der Waals surface area (Å²) in [6, 6.07) is 9.75. The molecule has 3 aromatic rings. The fraction of sp³-hybridized carbons (Fsp3) is 0.227. The molecule has 1 aromatic heterocycles. The summed E-state index contributed by atoms with van der Waals surface area (Å²) in [5.74, 6) is -1.07. The van der Waals surface area contributed by atoms with Gasteiger partial charge in [-0.3, -0.25) is 9.59 Å². The minimum absolute atomic E-state index is 0.0439. The Labute approximate surface area is 176 Å². The van der Waals surface area contributed by atoms with E-state index in [0.717, 1.165) is 5.56 Å². The molecule has 0 fully saturated rings. The number of nitrogens with zero attached hydrogens (tertiary/aromatic N) is 1. The summed E-state index contributed by atoms with van der Waals surface area (Å²) in [4.78, 5) is 27.6. The third-order valence-corrected chi connectivity index (χ3v) is 5.15. The van der Waals surface area contributed by atoms with Gasteiger partial charge in [0.2, 0.25) is 5.75 Å². The van der Waals surface area contributed by atoms with Gasteiger partial charge in [-0.1, -0.05) is 18.2 Å². The molecule has 0 saturated carbocycles. The van der Waals surface area contributed by atoms with E-state index in [9.17, 15) is 14.0 Å². The lowest BCUT2D eigenvalue weighted by Crippen LogP contribution is -2.08. The van der Waals surface area contributed by atoms with Gasteiger partial charge >= 0.3 is 5.97 Å². The van der Waals surface area contributed by atoms with Gasteiger partial charge in [-0.15, -0.1) is 11.3 Å². The van der Waals surface area contributed by atoms with Crippen LogP contribution in [-0.4, -0.2) is 29.0 Å². The Morgan fingerprint density at radius 1 is 1.13 bits per heavy atom. The van der Waals surface area contributed by atoms with Crippen molar-refractivity contribution in [2.24, 2.45) is 0 Å². The Hall–Kier alpha value is -3.26. The highest BCUT2D eigenvalue weighted by Crippen LogP contribution is 2.36. The number of carboxylic acid groups (broad SMARTS) is 1.